The van der Waals surface area contributed by atoms with Crippen LogP contribution in [-0.2, 0) is 0 Å². The van der Waals surface area contributed by atoms with Gasteiger partial charge in [-0.3, -0.25) is 0 Å². The van der Waals surface area contributed by atoms with Crippen molar-refractivity contribution in [3.63, 3.8) is 0 Å². The van der Waals surface area contributed by atoms with Crippen LogP contribution in [0.4, 0.5) is 34.1 Å². The minimum Gasteiger partial charge on any atom is -0.456 e. The molecule has 0 aliphatic carbocycles. The summed E-state index contributed by atoms with van der Waals surface area (Å²) in [4.78, 5) is 5.01. The summed E-state index contributed by atoms with van der Waals surface area (Å²) in [7, 11) is 0. The first-order valence-electron chi connectivity index (χ1n) is 18.8. The van der Waals surface area contributed by atoms with Crippen molar-refractivity contribution in [3.05, 3.63) is 176 Å². The average Bonchev–Trinajstić information content (AvgIpc) is 3.58. The molecule has 0 unspecified atom stereocenters. The lowest BCUT2D eigenvalue weighted by molar-refractivity contribution is 0.489. The number of nitrogens with zero attached hydrogens (tertiary/aromatic N) is 3. The molecular weight excluding hydrogens is 656 g/mol. The van der Waals surface area contributed by atoms with Crippen molar-refractivity contribution in [3.8, 4) is 17.2 Å². The first-order chi connectivity index (χ1) is 26.9. The van der Waals surface area contributed by atoms with Gasteiger partial charge in [0.25, 0.3) is 13.4 Å². The second kappa shape index (κ2) is 10.4. The SMILES string of the molecule is c1ccc(N2c3ccccc3B3c4c2c2c5c(c4-n4c6ccccc6c6cccc3c64)N(c3ccccc3)c3ccccc3B5c3ccccc3O2)cc1. The van der Waals surface area contributed by atoms with E-state index in [1.807, 2.05) is 0 Å². The fourth-order valence-electron chi connectivity index (χ4n) is 10.2. The molecule has 54 heavy (non-hydrogen) atoms. The molecular formula is C48H29B2N3O. The van der Waals surface area contributed by atoms with Crippen LogP contribution in [0.2, 0.25) is 0 Å². The number of rotatable bonds is 2. The number of aromatic nitrogens is 1. The Bertz CT molecular complexity index is 3070. The Morgan fingerprint density at radius 1 is 0.389 bits per heavy atom. The Labute approximate surface area is 313 Å². The Hall–Kier alpha value is -6.91. The summed E-state index contributed by atoms with van der Waals surface area (Å²) < 4.78 is 10.0. The van der Waals surface area contributed by atoms with Crippen LogP contribution in [0, 0.1) is 0 Å². The zero-order valence-electron chi connectivity index (χ0n) is 29.1. The van der Waals surface area contributed by atoms with Gasteiger partial charge in [0.1, 0.15) is 11.5 Å². The van der Waals surface area contributed by atoms with Gasteiger partial charge < -0.3 is 19.1 Å². The summed E-state index contributed by atoms with van der Waals surface area (Å²) in [5, 5.41) is 2.55. The fourth-order valence-corrected chi connectivity index (χ4v) is 10.2. The number of ether oxygens (including phenoxy) is 1. The standard InChI is InChI=1S/C48H29B2N3O/c1-3-16-30(17-4-1)51-39-27-12-8-22-34(39)49-36-24-10-14-29-41(36)54-48-43(49)46(51)45-42-47(48)52(31-18-5-2-6-19-31)40-28-13-9-23-35(40)50(42)37-25-15-21-33-32-20-7-11-26-38(32)53(45)44(33)37/h1-29H. The van der Waals surface area contributed by atoms with Gasteiger partial charge in [-0.05, 0) is 75.8 Å². The fraction of sp³-hybridized carbons (Fsp3) is 0. The second-order valence-corrected chi connectivity index (χ2v) is 14.8. The lowest BCUT2D eigenvalue weighted by Gasteiger charge is -2.47. The van der Waals surface area contributed by atoms with E-state index in [1.165, 1.54) is 77.3 Å². The van der Waals surface area contributed by atoms with Crippen LogP contribution >= 0.6 is 0 Å². The summed E-state index contributed by atoms with van der Waals surface area (Å²) in [5.74, 6) is 1.84. The van der Waals surface area contributed by atoms with Gasteiger partial charge in [-0.1, -0.05) is 127 Å². The molecule has 1 aromatic heterocycles. The molecule has 0 radical (unpaired) electrons. The van der Waals surface area contributed by atoms with Gasteiger partial charge in [-0.25, -0.2) is 0 Å². The van der Waals surface area contributed by atoms with Crippen LogP contribution in [0.15, 0.2) is 176 Å². The quantitative estimate of drug-likeness (QED) is 0.173. The van der Waals surface area contributed by atoms with Crippen LogP contribution in [0.1, 0.15) is 0 Å². The molecule has 13 rings (SSSR count). The number of para-hydroxylation sites is 7. The van der Waals surface area contributed by atoms with E-state index >= 15 is 0 Å². The highest BCUT2D eigenvalue weighted by atomic mass is 16.5. The van der Waals surface area contributed by atoms with E-state index in [1.54, 1.807) is 0 Å². The lowest BCUT2D eigenvalue weighted by Crippen LogP contribution is -2.64. The maximum atomic E-state index is 7.41. The molecule has 0 amide bonds. The maximum Gasteiger partial charge on any atom is 0.256 e. The van der Waals surface area contributed by atoms with Crippen molar-refractivity contribution in [2.24, 2.45) is 0 Å². The topological polar surface area (TPSA) is 20.6 Å². The molecule has 4 aliphatic rings. The zero-order valence-corrected chi connectivity index (χ0v) is 29.1. The molecule has 0 N–H and O–H groups in total. The number of anilines is 6. The molecule has 5 heterocycles. The van der Waals surface area contributed by atoms with E-state index in [0.717, 1.165) is 28.6 Å². The van der Waals surface area contributed by atoms with Crippen LogP contribution in [0.3, 0.4) is 0 Å². The van der Waals surface area contributed by atoms with Gasteiger partial charge in [-0.15, -0.1) is 0 Å². The lowest BCUT2D eigenvalue weighted by atomic mass is 9.31. The molecule has 4 aliphatic heterocycles. The molecule has 9 aromatic rings. The molecule has 0 fully saturated rings. The van der Waals surface area contributed by atoms with Crippen LogP contribution in [-0.4, -0.2) is 18.0 Å². The first-order valence-corrected chi connectivity index (χ1v) is 18.8. The van der Waals surface area contributed by atoms with Gasteiger partial charge in [-0.2, -0.15) is 0 Å². The van der Waals surface area contributed by atoms with Gasteiger partial charge in [0.15, 0.2) is 0 Å². The summed E-state index contributed by atoms with van der Waals surface area (Å²) in [5.41, 5.74) is 18.2. The third kappa shape index (κ3) is 3.46. The predicted octanol–water partition coefficient (Wildman–Crippen LogP) is 7.80. The molecule has 8 aromatic carbocycles. The second-order valence-electron chi connectivity index (χ2n) is 14.8. The summed E-state index contributed by atoms with van der Waals surface area (Å²) in [6, 6.07) is 64.3. The highest BCUT2D eigenvalue weighted by Crippen LogP contribution is 2.52. The zero-order chi connectivity index (χ0) is 35.1. The third-order valence-corrected chi connectivity index (χ3v) is 12.2. The summed E-state index contributed by atoms with van der Waals surface area (Å²) in [6.45, 7) is -0.0670. The Kier molecular flexibility index (Phi) is 5.50. The normalized spacial score (nSPS) is 13.9. The first kappa shape index (κ1) is 28.6. The molecule has 4 nitrogen and oxygen atoms in total. The molecule has 248 valence electrons. The van der Waals surface area contributed by atoms with Crippen LogP contribution < -0.4 is 47.3 Å². The van der Waals surface area contributed by atoms with Gasteiger partial charge in [0.2, 0.25) is 0 Å². The molecule has 0 saturated heterocycles. The van der Waals surface area contributed by atoms with Crippen LogP contribution in [0.5, 0.6) is 11.5 Å². The van der Waals surface area contributed by atoms with E-state index in [-0.39, 0.29) is 13.4 Å². The van der Waals surface area contributed by atoms with E-state index in [2.05, 4.69) is 190 Å². The maximum absolute atomic E-state index is 7.41. The number of hydrogen-bond donors (Lipinski definition) is 0. The summed E-state index contributed by atoms with van der Waals surface area (Å²) in [6.07, 6.45) is 0. The van der Waals surface area contributed by atoms with Gasteiger partial charge in [0.05, 0.1) is 22.6 Å². The number of fused-ring (bicyclic) bond motifs is 13. The molecule has 6 heteroatoms. The Balaban J connectivity index is 1.31. The third-order valence-electron chi connectivity index (χ3n) is 12.2. The summed E-state index contributed by atoms with van der Waals surface area (Å²) >= 11 is 0. The highest BCUT2D eigenvalue weighted by Gasteiger charge is 2.51. The van der Waals surface area contributed by atoms with E-state index in [0.29, 0.717) is 0 Å². The van der Waals surface area contributed by atoms with Gasteiger partial charge in [0, 0.05) is 44.5 Å². The van der Waals surface area contributed by atoms with Crippen molar-refractivity contribution in [2.75, 3.05) is 9.80 Å². The Morgan fingerprint density at radius 2 is 0.926 bits per heavy atom. The Morgan fingerprint density at radius 3 is 1.65 bits per heavy atom. The largest absolute Gasteiger partial charge is 0.456 e. The molecule has 0 atom stereocenters. The monoisotopic (exact) mass is 685 g/mol. The number of benzene rings is 8. The number of hydrogen-bond acceptors (Lipinski definition) is 3. The average molecular weight is 685 g/mol. The van der Waals surface area contributed by atoms with Crippen molar-refractivity contribution in [1.29, 1.82) is 0 Å². The highest BCUT2D eigenvalue weighted by molar-refractivity contribution is 7.02. The van der Waals surface area contributed by atoms with Crippen molar-refractivity contribution in [1.82, 2.24) is 4.57 Å². The van der Waals surface area contributed by atoms with Crippen LogP contribution in [0.25, 0.3) is 27.5 Å². The van der Waals surface area contributed by atoms with Crippen molar-refractivity contribution >= 4 is 102 Å². The minimum absolute atomic E-state index is 0.0257. The van der Waals surface area contributed by atoms with E-state index in [4.69, 9.17) is 4.74 Å². The minimum atomic E-state index is -0.0413. The molecule has 0 spiro atoms. The van der Waals surface area contributed by atoms with Crippen molar-refractivity contribution < 1.29 is 4.74 Å². The van der Waals surface area contributed by atoms with E-state index < -0.39 is 0 Å². The van der Waals surface area contributed by atoms with Gasteiger partial charge >= 0.3 is 0 Å². The van der Waals surface area contributed by atoms with Crippen molar-refractivity contribution in [2.45, 2.75) is 0 Å². The smallest absolute Gasteiger partial charge is 0.256 e. The molecule has 0 bridgehead atoms. The van der Waals surface area contributed by atoms with E-state index in [9.17, 15) is 0 Å². The molecule has 0 saturated carbocycles. The predicted molar refractivity (Wildman–Crippen MR) is 226 cm³/mol.